The zero-order valence-corrected chi connectivity index (χ0v) is 14.2. The van der Waals surface area contributed by atoms with Gasteiger partial charge in [-0.15, -0.1) is 0 Å². The van der Waals surface area contributed by atoms with Gasteiger partial charge in [-0.25, -0.2) is 0 Å². The molecule has 0 amide bonds. The molecule has 1 aromatic carbocycles. The average Bonchev–Trinajstić information content (AvgIpc) is 2.98. The SMILES string of the molecule is Cc1nc(CN2CCCC(CCc3ccccc3C(F)(F)F)C2)no1. The summed E-state index contributed by atoms with van der Waals surface area (Å²) in [5.41, 5.74) is -0.120. The fourth-order valence-electron chi connectivity index (χ4n) is 3.51. The van der Waals surface area contributed by atoms with Crippen LogP contribution >= 0.6 is 0 Å². The van der Waals surface area contributed by atoms with E-state index in [4.69, 9.17) is 4.52 Å². The number of alkyl halides is 3. The number of piperidine rings is 1. The molecular weight excluding hydrogens is 331 g/mol. The van der Waals surface area contributed by atoms with E-state index in [1.165, 1.54) is 12.1 Å². The van der Waals surface area contributed by atoms with E-state index in [-0.39, 0.29) is 0 Å². The van der Waals surface area contributed by atoms with Crippen molar-refractivity contribution in [3.05, 3.63) is 47.1 Å². The third kappa shape index (κ3) is 4.81. The predicted octanol–water partition coefficient (Wildman–Crippen LogP) is 4.24. The molecule has 2 aromatic rings. The monoisotopic (exact) mass is 353 g/mol. The number of likely N-dealkylation sites (tertiary alicyclic amines) is 1. The van der Waals surface area contributed by atoms with E-state index in [1.807, 2.05) is 0 Å². The van der Waals surface area contributed by atoms with Gasteiger partial charge in [-0.05, 0) is 49.8 Å². The van der Waals surface area contributed by atoms with Crippen LogP contribution in [0.2, 0.25) is 0 Å². The molecule has 7 heteroatoms. The van der Waals surface area contributed by atoms with Gasteiger partial charge < -0.3 is 4.52 Å². The molecule has 3 rings (SSSR count). The quantitative estimate of drug-likeness (QED) is 0.806. The summed E-state index contributed by atoms with van der Waals surface area (Å²) in [6.45, 7) is 4.21. The number of aromatic nitrogens is 2. The fourth-order valence-corrected chi connectivity index (χ4v) is 3.51. The van der Waals surface area contributed by atoms with E-state index in [0.717, 1.165) is 32.4 Å². The van der Waals surface area contributed by atoms with Gasteiger partial charge in [0.1, 0.15) is 0 Å². The normalized spacial score (nSPS) is 19.3. The van der Waals surface area contributed by atoms with E-state index >= 15 is 0 Å². The van der Waals surface area contributed by atoms with Crippen LogP contribution in [0.3, 0.4) is 0 Å². The van der Waals surface area contributed by atoms with Gasteiger partial charge in [-0.3, -0.25) is 4.90 Å². The maximum Gasteiger partial charge on any atom is 0.416 e. The molecule has 1 saturated heterocycles. The summed E-state index contributed by atoms with van der Waals surface area (Å²) in [6.07, 6.45) is -0.978. The van der Waals surface area contributed by atoms with E-state index in [2.05, 4.69) is 15.0 Å². The second-order valence-electron chi connectivity index (χ2n) is 6.67. The molecule has 1 aromatic heterocycles. The van der Waals surface area contributed by atoms with Crippen molar-refractivity contribution in [2.24, 2.45) is 5.92 Å². The maximum atomic E-state index is 13.1. The van der Waals surface area contributed by atoms with Crippen LogP contribution in [0.4, 0.5) is 13.2 Å². The highest BCUT2D eigenvalue weighted by Gasteiger charge is 2.33. The van der Waals surface area contributed by atoms with E-state index in [0.29, 0.717) is 36.2 Å². The Labute approximate surface area is 145 Å². The summed E-state index contributed by atoms with van der Waals surface area (Å²) in [4.78, 5) is 6.48. The Hall–Kier alpha value is -1.89. The first kappa shape index (κ1) is 17.9. The second-order valence-corrected chi connectivity index (χ2v) is 6.67. The predicted molar refractivity (Wildman–Crippen MR) is 86.8 cm³/mol. The lowest BCUT2D eigenvalue weighted by Crippen LogP contribution is -2.35. The molecule has 4 nitrogen and oxygen atoms in total. The lowest BCUT2D eigenvalue weighted by molar-refractivity contribution is -0.138. The van der Waals surface area contributed by atoms with Crippen molar-refractivity contribution in [1.29, 1.82) is 0 Å². The standard InChI is InChI=1S/C18H22F3N3O/c1-13-22-17(23-25-13)12-24-10-4-5-14(11-24)8-9-15-6-2-3-7-16(15)18(19,20)21/h2-3,6-7,14H,4-5,8-12H2,1H3. The minimum absolute atomic E-state index is 0.390. The highest BCUT2D eigenvalue weighted by Crippen LogP contribution is 2.33. The number of hydrogen-bond donors (Lipinski definition) is 0. The van der Waals surface area contributed by atoms with Crippen molar-refractivity contribution in [2.75, 3.05) is 13.1 Å². The Balaban J connectivity index is 1.57. The smallest absolute Gasteiger partial charge is 0.340 e. The van der Waals surface area contributed by atoms with Gasteiger partial charge in [0.25, 0.3) is 0 Å². The van der Waals surface area contributed by atoms with Gasteiger partial charge in [-0.1, -0.05) is 23.4 Å². The Morgan fingerprint density at radius 2 is 2.08 bits per heavy atom. The van der Waals surface area contributed by atoms with E-state index < -0.39 is 11.7 Å². The first-order valence-electron chi connectivity index (χ1n) is 8.58. The van der Waals surface area contributed by atoms with Crippen LogP contribution in [0.5, 0.6) is 0 Å². The Kier molecular flexibility index (Phi) is 5.42. The lowest BCUT2D eigenvalue weighted by atomic mass is 9.90. The highest BCUT2D eigenvalue weighted by atomic mass is 19.4. The van der Waals surface area contributed by atoms with Crippen LogP contribution < -0.4 is 0 Å². The van der Waals surface area contributed by atoms with Crippen molar-refractivity contribution in [3.8, 4) is 0 Å². The third-order valence-electron chi connectivity index (χ3n) is 4.68. The van der Waals surface area contributed by atoms with Crippen molar-refractivity contribution >= 4 is 0 Å². The van der Waals surface area contributed by atoms with Gasteiger partial charge in [0.15, 0.2) is 5.82 Å². The molecule has 1 atom stereocenters. The molecule has 0 radical (unpaired) electrons. The zero-order valence-electron chi connectivity index (χ0n) is 14.2. The first-order valence-corrected chi connectivity index (χ1v) is 8.58. The topological polar surface area (TPSA) is 42.2 Å². The number of hydrogen-bond acceptors (Lipinski definition) is 4. The maximum absolute atomic E-state index is 13.1. The number of aryl methyl sites for hydroxylation is 2. The largest absolute Gasteiger partial charge is 0.416 e. The first-order chi connectivity index (χ1) is 11.9. The van der Waals surface area contributed by atoms with Crippen LogP contribution in [0.15, 0.2) is 28.8 Å². The molecule has 1 unspecified atom stereocenters. The van der Waals surface area contributed by atoms with Gasteiger partial charge >= 0.3 is 6.18 Å². The molecule has 25 heavy (non-hydrogen) atoms. The van der Waals surface area contributed by atoms with Crippen molar-refractivity contribution < 1.29 is 17.7 Å². The summed E-state index contributed by atoms with van der Waals surface area (Å²) < 4.78 is 44.3. The molecule has 0 bridgehead atoms. The Bertz CT molecular complexity index is 699. The Morgan fingerprint density at radius 1 is 1.28 bits per heavy atom. The van der Waals surface area contributed by atoms with Gasteiger partial charge in [-0.2, -0.15) is 18.2 Å². The van der Waals surface area contributed by atoms with E-state index in [1.54, 1.807) is 19.1 Å². The molecule has 1 aliphatic rings. The van der Waals surface area contributed by atoms with Crippen LogP contribution in [-0.2, 0) is 19.1 Å². The molecule has 0 spiro atoms. The minimum Gasteiger partial charge on any atom is -0.340 e. The number of nitrogens with zero attached hydrogens (tertiary/aromatic N) is 3. The summed E-state index contributed by atoms with van der Waals surface area (Å²) in [5, 5.41) is 3.91. The molecule has 0 N–H and O–H groups in total. The number of halogens is 3. The van der Waals surface area contributed by atoms with Crippen LogP contribution in [-0.4, -0.2) is 28.1 Å². The third-order valence-corrected chi connectivity index (χ3v) is 4.68. The molecule has 136 valence electrons. The average molecular weight is 353 g/mol. The fraction of sp³-hybridized carbons (Fsp3) is 0.556. The Morgan fingerprint density at radius 3 is 2.80 bits per heavy atom. The van der Waals surface area contributed by atoms with Crippen molar-refractivity contribution in [1.82, 2.24) is 15.0 Å². The molecule has 2 heterocycles. The summed E-state index contributed by atoms with van der Waals surface area (Å²) in [6, 6.07) is 5.88. The van der Waals surface area contributed by atoms with Gasteiger partial charge in [0.05, 0.1) is 12.1 Å². The minimum atomic E-state index is -4.29. The summed E-state index contributed by atoms with van der Waals surface area (Å²) >= 11 is 0. The second kappa shape index (κ2) is 7.56. The molecular formula is C18H22F3N3O. The van der Waals surface area contributed by atoms with Gasteiger partial charge in [0, 0.05) is 13.5 Å². The van der Waals surface area contributed by atoms with Crippen molar-refractivity contribution in [3.63, 3.8) is 0 Å². The van der Waals surface area contributed by atoms with Crippen molar-refractivity contribution in [2.45, 2.75) is 45.3 Å². The van der Waals surface area contributed by atoms with Crippen LogP contribution in [0.1, 0.15) is 42.1 Å². The van der Waals surface area contributed by atoms with E-state index in [9.17, 15) is 13.2 Å². The summed E-state index contributed by atoms with van der Waals surface area (Å²) in [7, 11) is 0. The van der Waals surface area contributed by atoms with Gasteiger partial charge in [0.2, 0.25) is 5.89 Å². The molecule has 1 fully saturated rings. The lowest BCUT2D eigenvalue weighted by Gasteiger charge is -2.32. The van der Waals surface area contributed by atoms with Crippen LogP contribution in [0.25, 0.3) is 0 Å². The highest BCUT2D eigenvalue weighted by molar-refractivity contribution is 5.29. The zero-order chi connectivity index (χ0) is 17.9. The molecule has 1 aliphatic heterocycles. The summed E-state index contributed by atoms with van der Waals surface area (Å²) in [5.74, 6) is 1.61. The molecule has 0 saturated carbocycles. The number of benzene rings is 1. The molecule has 0 aliphatic carbocycles. The number of rotatable bonds is 5. The van der Waals surface area contributed by atoms with Crippen LogP contribution in [0, 0.1) is 12.8 Å².